The number of nitrogens with one attached hydrogen (secondary N) is 4. The third-order valence-electron chi connectivity index (χ3n) is 9.45. The molecule has 0 spiro atoms. The summed E-state index contributed by atoms with van der Waals surface area (Å²) in [7, 11) is 0. The molecule has 54 heavy (non-hydrogen) atoms. The van der Waals surface area contributed by atoms with Crippen LogP contribution in [0.2, 0.25) is 0 Å². The number of aliphatic carboxylic acids is 1. The summed E-state index contributed by atoms with van der Waals surface area (Å²) in [5, 5.41) is 20.6. The fourth-order valence-electron chi connectivity index (χ4n) is 6.56. The molecule has 0 radical (unpaired) electrons. The summed E-state index contributed by atoms with van der Waals surface area (Å²) in [4.78, 5) is 99.9. The van der Waals surface area contributed by atoms with E-state index in [1.54, 1.807) is 13.8 Å². The summed E-state index contributed by atoms with van der Waals surface area (Å²) in [5.74, 6) is -4.40. The predicted molar refractivity (Wildman–Crippen MR) is 206 cm³/mol. The number of carbonyl (C=O) groups is 7. The van der Waals surface area contributed by atoms with E-state index in [-0.39, 0.29) is 56.7 Å². The molecule has 0 aliphatic carbocycles. The normalized spacial score (nSPS) is 19.7. The molecule has 306 valence electrons. The first kappa shape index (κ1) is 46.0. The second-order valence-electron chi connectivity index (χ2n) is 14.8. The van der Waals surface area contributed by atoms with Crippen LogP contribution < -0.4 is 38.5 Å². The molecule has 0 aromatic rings. The Morgan fingerprint density at radius 2 is 1.35 bits per heavy atom. The lowest BCUT2D eigenvalue weighted by molar-refractivity contribution is -0.152. The molecule has 2 rings (SSSR count). The van der Waals surface area contributed by atoms with E-state index in [2.05, 4.69) is 26.3 Å². The lowest BCUT2D eigenvalue weighted by Crippen LogP contribution is -2.60. The quantitative estimate of drug-likeness (QED) is 0.0389. The fourth-order valence-corrected chi connectivity index (χ4v) is 7.03. The van der Waals surface area contributed by atoms with Crippen LogP contribution in [0.5, 0.6) is 0 Å². The van der Waals surface area contributed by atoms with Crippen molar-refractivity contribution in [2.45, 2.75) is 128 Å². The van der Waals surface area contributed by atoms with E-state index in [4.69, 9.17) is 17.2 Å². The maximum atomic E-state index is 14.2. The third kappa shape index (κ3) is 13.9. The van der Waals surface area contributed by atoms with Crippen molar-refractivity contribution in [1.82, 2.24) is 31.1 Å². The number of rotatable bonds is 21. The van der Waals surface area contributed by atoms with Gasteiger partial charge in [0.25, 0.3) is 0 Å². The molecule has 2 saturated heterocycles. The third-order valence-corrected chi connectivity index (χ3v) is 10.1. The van der Waals surface area contributed by atoms with Gasteiger partial charge in [-0.05, 0) is 82.1 Å². The molecule has 0 unspecified atom stereocenters. The minimum atomic E-state index is -1.12. The minimum Gasteiger partial charge on any atom is -0.480 e. The van der Waals surface area contributed by atoms with Crippen molar-refractivity contribution in [3.63, 3.8) is 0 Å². The fraction of sp³-hybridized carbons (Fsp3) is 0.771. The predicted octanol–water partition coefficient (Wildman–Crippen LogP) is -1.15. The molecule has 0 aromatic carbocycles. The van der Waals surface area contributed by atoms with Crippen molar-refractivity contribution in [2.24, 2.45) is 34.0 Å². The zero-order chi connectivity index (χ0) is 40.7. The number of carboxylic acids is 1. The van der Waals surface area contributed by atoms with Crippen molar-refractivity contribution in [2.75, 3.05) is 31.6 Å². The highest BCUT2D eigenvalue weighted by Crippen LogP contribution is 2.26. The number of nitrogens with two attached hydrogens (primary N) is 3. The van der Waals surface area contributed by atoms with Gasteiger partial charge in [-0.25, -0.2) is 4.79 Å². The molecule has 7 atom stereocenters. The van der Waals surface area contributed by atoms with Gasteiger partial charge < -0.3 is 53.4 Å². The van der Waals surface area contributed by atoms with Gasteiger partial charge in [0.2, 0.25) is 35.4 Å². The number of amides is 6. The van der Waals surface area contributed by atoms with Crippen LogP contribution >= 0.6 is 11.8 Å². The number of thioether (sulfide) groups is 1. The number of carbonyl (C=O) groups excluding carboxylic acids is 6. The molecule has 2 heterocycles. The van der Waals surface area contributed by atoms with Gasteiger partial charge in [-0.1, -0.05) is 27.7 Å². The number of nitrogens with zero attached hydrogens (tertiary/aromatic N) is 3. The maximum Gasteiger partial charge on any atom is 0.326 e. The number of hydrogen-bond acceptors (Lipinski definition) is 10. The van der Waals surface area contributed by atoms with Gasteiger partial charge in [0.1, 0.15) is 36.3 Å². The Morgan fingerprint density at radius 3 is 1.91 bits per heavy atom. The molecule has 2 fully saturated rings. The molecule has 0 bridgehead atoms. The Labute approximate surface area is 322 Å². The van der Waals surface area contributed by atoms with Crippen LogP contribution in [0.25, 0.3) is 0 Å². The number of guanidine groups is 1. The summed E-state index contributed by atoms with van der Waals surface area (Å²) in [6.07, 6.45) is 4.44. The number of aliphatic imine (C=N–C) groups is 1. The summed E-state index contributed by atoms with van der Waals surface area (Å²) in [5.41, 5.74) is 16.7. The Bertz CT molecular complexity index is 1360. The Morgan fingerprint density at radius 1 is 0.778 bits per heavy atom. The van der Waals surface area contributed by atoms with E-state index in [9.17, 15) is 38.7 Å². The van der Waals surface area contributed by atoms with Gasteiger partial charge in [-0.15, -0.1) is 0 Å². The van der Waals surface area contributed by atoms with Gasteiger partial charge in [0.05, 0.1) is 6.04 Å². The lowest BCUT2D eigenvalue weighted by atomic mass is 10.0. The SMILES string of the molecule is CSCC[C@H](NC(=O)[C@@H](NC(=O)[C@H](C)N)C(C)C)C(=O)N[C@@H](CC(C)C)C(=O)N[C@@H](CCCN=C(N)N)C(=O)N1CCC[C@H]1C(=O)N1CCC[C@H]1C(=O)O. The largest absolute Gasteiger partial charge is 0.480 e. The van der Waals surface area contributed by atoms with Gasteiger partial charge in [-0.3, -0.25) is 33.8 Å². The Balaban J connectivity index is 2.33. The van der Waals surface area contributed by atoms with Crippen LogP contribution in [0.4, 0.5) is 0 Å². The molecule has 0 saturated carbocycles. The smallest absolute Gasteiger partial charge is 0.326 e. The Kier molecular flexibility index (Phi) is 19.0. The first-order valence-electron chi connectivity index (χ1n) is 18.7. The van der Waals surface area contributed by atoms with Crippen LogP contribution in [-0.4, -0.2) is 136 Å². The molecule has 18 nitrogen and oxygen atoms in total. The average molecular weight is 783 g/mol. The second-order valence-corrected chi connectivity index (χ2v) is 15.8. The van der Waals surface area contributed by atoms with Crippen LogP contribution in [0, 0.1) is 11.8 Å². The molecule has 0 aromatic heterocycles. The molecular weight excluding hydrogens is 721 g/mol. The zero-order valence-corrected chi connectivity index (χ0v) is 33.3. The van der Waals surface area contributed by atoms with Crippen molar-refractivity contribution < 1.29 is 38.7 Å². The molecular formula is C35H62N10O8S. The molecule has 19 heteroatoms. The second kappa shape index (κ2) is 22.3. The summed E-state index contributed by atoms with van der Waals surface area (Å²) < 4.78 is 0. The van der Waals surface area contributed by atoms with E-state index in [1.807, 2.05) is 20.1 Å². The van der Waals surface area contributed by atoms with E-state index in [0.29, 0.717) is 37.9 Å². The van der Waals surface area contributed by atoms with Crippen LogP contribution in [0.1, 0.15) is 86.0 Å². The van der Waals surface area contributed by atoms with Gasteiger partial charge >= 0.3 is 5.97 Å². The average Bonchev–Trinajstić information content (AvgIpc) is 3.79. The Hall–Kier alpha value is -4.13. The van der Waals surface area contributed by atoms with Gasteiger partial charge in [0, 0.05) is 19.6 Å². The zero-order valence-electron chi connectivity index (χ0n) is 32.5. The minimum absolute atomic E-state index is 0.0710. The van der Waals surface area contributed by atoms with Crippen molar-refractivity contribution in [3.8, 4) is 0 Å². The summed E-state index contributed by atoms with van der Waals surface area (Å²) >= 11 is 1.47. The monoisotopic (exact) mass is 782 g/mol. The highest BCUT2D eigenvalue weighted by molar-refractivity contribution is 7.98. The van der Waals surface area contributed by atoms with Crippen molar-refractivity contribution in [1.29, 1.82) is 0 Å². The van der Waals surface area contributed by atoms with Crippen molar-refractivity contribution >= 4 is 59.1 Å². The lowest BCUT2D eigenvalue weighted by Gasteiger charge is -2.33. The van der Waals surface area contributed by atoms with Gasteiger partial charge in [-0.2, -0.15) is 11.8 Å². The first-order valence-corrected chi connectivity index (χ1v) is 20.1. The summed E-state index contributed by atoms with van der Waals surface area (Å²) in [6.45, 7) is 9.43. The van der Waals surface area contributed by atoms with Crippen LogP contribution in [0.3, 0.4) is 0 Å². The van der Waals surface area contributed by atoms with E-state index in [1.165, 1.54) is 28.5 Å². The number of likely N-dealkylation sites (tertiary alicyclic amines) is 2. The topological polar surface area (TPSA) is 285 Å². The van der Waals surface area contributed by atoms with Crippen LogP contribution in [-0.2, 0) is 33.6 Å². The van der Waals surface area contributed by atoms with Crippen molar-refractivity contribution in [3.05, 3.63) is 0 Å². The van der Waals surface area contributed by atoms with Gasteiger partial charge in [0.15, 0.2) is 5.96 Å². The summed E-state index contributed by atoms with van der Waals surface area (Å²) in [6, 6.07) is -6.92. The molecule has 6 amide bonds. The van der Waals surface area contributed by atoms with E-state index < -0.39 is 83.7 Å². The maximum absolute atomic E-state index is 14.2. The number of carboxylic acid groups (broad SMARTS) is 1. The van der Waals surface area contributed by atoms with Crippen LogP contribution in [0.15, 0.2) is 4.99 Å². The molecule has 2 aliphatic heterocycles. The first-order chi connectivity index (χ1) is 25.4. The van der Waals surface area contributed by atoms with E-state index >= 15 is 0 Å². The van der Waals surface area contributed by atoms with E-state index in [0.717, 1.165) is 0 Å². The highest BCUT2D eigenvalue weighted by atomic mass is 32.2. The molecule has 2 aliphatic rings. The highest BCUT2D eigenvalue weighted by Gasteiger charge is 2.44. The molecule has 11 N–H and O–H groups in total. The number of hydrogen-bond donors (Lipinski definition) is 8. The standard InChI is InChI=1S/C35H62N10O8S/c1-19(2)18-24(42-29(47)22(13-17-54-6)40-31(49)27(20(3)4)43-28(46)21(5)36)30(48)41-23(10-7-14-39-35(37)38)32(50)44-15-8-11-25(44)33(51)45-16-9-12-26(45)34(52)53/h19-27H,7-18,36H2,1-6H3,(H,40,49)(H,41,48)(H,42,47)(H,43,46)(H,52,53)(H4,37,38,39)/t21-,22-,23-,24-,25-,26-,27-/m0/s1.